The Labute approximate surface area is 138 Å². The van der Waals surface area contributed by atoms with E-state index in [-0.39, 0.29) is 29.9 Å². The number of ether oxygens (including phenoxy) is 2. The fourth-order valence-corrected chi connectivity index (χ4v) is 2.69. The average Bonchev–Trinajstić information content (AvgIpc) is 2.46. The van der Waals surface area contributed by atoms with Gasteiger partial charge in [-0.25, -0.2) is 0 Å². The highest BCUT2D eigenvalue weighted by Crippen LogP contribution is 2.24. The number of hydrogen-bond donors (Lipinski definition) is 1. The van der Waals surface area contributed by atoms with E-state index < -0.39 is 6.36 Å². The predicted molar refractivity (Wildman–Crippen MR) is 82.8 cm³/mol. The maximum absolute atomic E-state index is 12.3. The van der Waals surface area contributed by atoms with Crippen molar-refractivity contribution in [2.75, 3.05) is 18.4 Å². The molecule has 0 aliphatic carbocycles. The van der Waals surface area contributed by atoms with Crippen LogP contribution in [0.25, 0.3) is 0 Å². The molecule has 134 valence electrons. The summed E-state index contributed by atoms with van der Waals surface area (Å²) in [4.78, 5) is 14.4. The Balaban J connectivity index is 1.93. The molecule has 0 radical (unpaired) electrons. The third-order valence-electron chi connectivity index (χ3n) is 3.73. The fraction of sp³-hybridized carbons (Fsp3) is 0.562. The second-order valence-electron chi connectivity index (χ2n) is 5.95. The summed E-state index contributed by atoms with van der Waals surface area (Å²) < 4.78 is 45.8. The minimum Gasteiger partial charge on any atom is -0.406 e. The molecule has 3 atom stereocenters. The van der Waals surface area contributed by atoms with Crippen LogP contribution in [-0.4, -0.2) is 48.5 Å². The lowest BCUT2D eigenvalue weighted by atomic mass is 10.1. The number of morpholine rings is 1. The first-order chi connectivity index (χ1) is 11.1. The van der Waals surface area contributed by atoms with E-state index in [1.54, 1.807) is 6.92 Å². The van der Waals surface area contributed by atoms with Crippen LogP contribution in [0.1, 0.15) is 20.8 Å². The van der Waals surface area contributed by atoms with Crippen molar-refractivity contribution in [1.82, 2.24) is 4.90 Å². The van der Waals surface area contributed by atoms with Gasteiger partial charge in [-0.3, -0.25) is 9.69 Å². The molecule has 1 fully saturated rings. The van der Waals surface area contributed by atoms with Gasteiger partial charge >= 0.3 is 6.36 Å². The van der Waals surface area contributed by atoms with Crippen LogP contribution in [0.4, 0.5) is 18.9 Å². The molecule has 0 spiro atoms. The Bertz CT molecular complexity index is 553. The van der Waals surface area contributed by atoms with Gasteiger partial charge in [0.1, 0.15) is 5.75 Å². The first kappa shape index (κ1) is 18.5. The number of nitrogens with one attached hydrogen (secondary N) is 1. The summed E-state index contributed by atoms with van der Waals surface area (Å²) in [6.45, 7) is 7.00. The number of hydrogen-bond acceptors (Lipinski definition) is 4. The largest absolute Gasteiger partial charge is 0.573 e. The standard InChI is InChI=1S/C16H21F3N2O3/c1-10-8-21(9-11(2)23-10)12(3)15(22)20-13-4-6-14(7-5-13)24-16(17,18)19/h4-7,10-12H,8-9H2,1-3H3,(H,20,22). The van der Waals surface area contributed by atoms with Crippen molar-refractivity contribution in [3.05, 3.63) is 24.3 Å². The maximum Gasteiger partial charge on any atom is 0.573 e. The quantitative estimate of drug-likeness (QED) is 0.911. The van der Waals surface area contributed by atoms with Crippen molar-refractivity contribution in [3.63, 3.8) is 0 Å². The van der Waals surface area contributed by atoms with Crippen molar-refractivity contribution >= 4 is 11.6 Å². The number of amides is 1. The summed E-state index contributed by atoms with van der Waals surface area (Å²) >= 11 is 0. The third kappa shape index (κ3) is 5.38. The van der Waals surface area contributed by atoms with Crippen LogP contribution in [0.5, 0.6) is 5.75 Å². The zero-order chi connectivity index (χ0) is 17.9. The SMILES string of the molecule is CC1CN(C(C)C(=O)Nc2ccc(OC(F)(F)F)cc2)CC(C)O1. The van der Waals surface area contributed by atoms with Crippen LogP contribution in [0.2, 0.25) is 0 Å². The fourth-order valence-electron chi connectivity index (χ4n) is 2.69. The predicted octanol–water partition coefficient (Wildman–Crippen LogP) is 3.02. The average molecular weight is 346 g/mol. The van der Waals surface area contributed by atoms with Gasteiger partial charge in [0, 0.05) is 18.8 Å². The summed E-state index contributed by atoms with van der Waals surface area (Å²) in [7, 11) is 0. The highest BCUT2D eigenvalue weighted by Gasteiger charge is 2.31. The van der Waals surface area contributed by atoms with Crippen LogP contribution in [0.15, 0.2) is 24.3 Å². The molecule has 1 aromatic rings. The molecule has 0 bridgehead atoms. The van der Waals surface area contributed by atoms with Gasteiger partial charge in [0.05, 0.1) is 18.2 Å². The lowest BCUT2D eigenvalue weighted by molar-refractivity contribution is -0.274. The number of rotatable bonds is 4. The van der Waals surface area contributed by atoms with Crippen molar-refractivity contribution in [3.8, 4) is 5.75 Å². The van der Waals surface area contributed by atoms with E-state index in [1.165, 1.54) is 12.1 Å². The third-order valence-corrected chi connectivity index (χ3v) is 3.73. The smallest absolute Gasteiger partial charge is 0.406 e. The van der Waals surface area contributed by atoms with E-state index in [0.717, 1.165) is 12.1 Å². The summed E-state index contributed by atoms with van der Waals surface area (Å²) in [6.07, 6.45) is -4.64. The lowest BCUT2D eigenvalue weighted by Gasteiger charge is -2.38. The topological polar surface area (TPSA) is 50.8 Å². The number of alkyl halides is 3. The van der Waals surface area contributed by atoms with E-state index in [4.69, 9.17) is 4.74 Å². The van der Waals surface area contributed by atoms with Gasteiger partial charge in [-0.05, 0) is 45.0 Å². The minimum atomic E-state index is -4.73. The molecule has 0 aromatic heterocycles. The molecule has 24 heavy (non-hydrogen) atoms. The number of anilines is 1. The zero-order valence-corrected chi connectivity index (χ0v) is 13.8. The maximum atomic E-state index is 12.3. The summed E-state index contributed by atoms with van der Waals surface area (Å²) in [5, 5.41) is 2.70. The van der Waals surface area contributed by atoms with Crippen molar-refractivity contribution in [2.24, 2.45) is 0 Å². The van der Waals surface area contributed by atoms with Crippen LogP contribution in [0.3, 0.4) is 0 Å². The minimum absolute atomic E-state index is 0.0443. The molecule has 1 N–H and O–H groups in total. The molecule has 8 heteroatoms. The van der Waals surface area contributed by atoms with Crippen LogP contribution in [-0.2, 0) is 9.53 Å². The van der Waals surface area contributed by atoms with Crippen molar-refractivity contribution in [2.45, 2.75) is 45.4 Å². The Hall–Kier alpha value is -1.80. The van der Waals surface area contributed by atoms with E-state index in [1.807, 2.05) is 18.7 Å². The molecule has 1 amide bonds. The summed E-state index contributed by atoms with van der Waals surface area (Å²) in [5.74, 6) is -0.551. The van der Waals surface area contributed by atoms with E-state index >= 15 is 0 Å². The van der Waals surface area contributed by atoms with Gasteiger partial charge in [-0.1, -0.05) is 0 Å². The number of benzene rings is 1. The Morgan fingerprint density at radius 2 is 1.79 bits per heavy atom. The molecule has 1 heterocycles. The van der Waals surface area contributed by atoms with E-state index in [9.17, 15) is 18.0 Å². The Morgan fingerprint density at radius 3 is 2.29 bits per heavy atom. The number of carbonyl (C=O) groups excluding carboxylic acids is 1. The van der Waals surface area contributed by atoms with Crippen molar-refractivity contribution < 1.29 is 27.4 Å². The van der Waals surface area contributed by atoms with Crippen LogP contribution >= 0.6 is 0 Å². The molecule has 1 aromatic carbocycles. The van der Waals surface area contributed by atoms with Gasteiger partial charge in [0.2, 0.25) is 5.91 Å². The molecule has 1 saturated heterocycles. The van der Waals surface area contributed by atoms with Gasteiger partial charge in [0.25, 0.3) is 0 Å². The Kier molecular flexibility index (Phi) is 5.71. The molecule has 1 aliphatic heterocycles. The monoisotopic (exact) mass is 346 g/mol. The summed E-state index contributed by atoms with van der Waals surface area (Å²) in [6, 6.07) is 4.69. The van der Waals surface area contributed by atoms with Gasteiger partial charge in [-0.2, -0.15) is 0 Å². The molecular weight excluding hydrogens is 325 g/mol. The molecule has 3 unspecified atom stereocenters. The molecule has 5 nitrogen and oxygen atoms in total. The number of nitrogens with zero attached hydrogens (tertiary/aromatic N) is 1. The molecule has 0 saturated carbocycles. The number of halogens is 3. The van der Waals surface area contributed by atoms with Crippen molar-refractivity contribution in [1.29, 1.82) is 0 Å². The molecule has 1 aliphatic rings. The second kappa shape index (κ2) is 7.40. The Morgan fingerprint density at radius 1 is 1.25 bits per heavy atom. The lowest BCUT2D eigenvalue weighted by Crippen LogP contribution is -2.52. The highest BCUT2D eigenvalue weighted by atomic mass is 19.4. The van der Waals surface area contributed by atoms with Gasteiger partial charge in [-0.15, -0.1) is 13.2 Å². The number of carbonyl (C=O) groups is 1. The normalized spacial score (nSPS) is 23.6. The van der Waals surface area contributed by atoms with Gasteiger partial charge in [0.15, 0.2) is 0 Å². The summed E-state index contributed by atoms with van der Waals surface area (Å²) in [5.41, 5.74) is 0.413. The van der Waals surface area contributed by atoms with Crippen LogP contribution in [0, 0.1) is 0 Å². The van der Waals surface area contributed by atoms with Gasteiger partial charge < -0.3 is 14.8 Å². The molecular formula is C16H21F3N2O3. The zero-order valence-electron chi connectivity index (χ0n) is 13.8. The first-order valence-corrected chi connectivity index (χ1v) is 7.70. The second-order valence-corrected chi connectivity index (χ2v) is 5.95. The molecule has 2 rings (SSSR count). The highest BCUT2D eigenvalue weighted by molar-refractivity contribution is 5.94. The van der Waals surface area contributed by atoms with E-state index in [2.05, 4.69) is 10.1 Å². The van der Waals surface area contributed by atoms with E-state index in [0.29, 0.717) is 18.8 Å². The first-order valence-electron chi connectivity index (χ1n) is 7.70. The van der Waals surface area contributed by atoms with Crippen LogP contribution < -0.4 is 10.1 Å².